The van der Waals surface area contributed by atoms with Crippen LogP contribution in [0.15, 0.2) is 0 Å². The minimum absolute atomic E-state index is 0.0129. The molecule has 100 valence electrons. The zero-order chi connectivity index (χ0) is 12.9. The number of carbonyl (C=O) groups excluding carboxylic acids is 1. The van der Waals surface area contributed by atoms with Gasteiger partial charge in [0.2, 0.25) is 5.91 Å². The lowest BCUT2D eigenvalue weighted by molar-refractivity contribution is -0.134. The molecule has 1 rings (SSSR count). The summed E-state index contributed by atoms with van der Waals surface area (Å²) in [6.45, 7) is 3.69. The van der Waals surface area contributed by atoms with E-state index < -0.39 is 9.84 Å². The van der Waals surface area contributed by atoms with Gasteiger partial charge in [-0.15, -0.1) is 0 Å². The van der Waals surface area contributed by atoms with Crippen LogP contribution in [0.3, 0.4) is 0 Å². The number of amides is 1. The molecule has 0 aromatic carbocycles. The van der Waals surface area contributed by atoms with E-state index in [1.54, 1.807) is 4.90 Å². The van der Waals surface area contributed by atoms with Crippen molar-refractivity contribution in [3.63, 3.8) is 0 Å². The molecule has 1 unspecified atom stereocenters. The fraction of sp³-hybridized carbons (Fsp3) is 0.909. The molecular weight excluding hydrogens is 240 g/mol. The van der Waals surface area contributed by atoms with Gasteiger partial charge in [0, 0.05) is 19.6 Å². The third kappa shape index (κ3) is 4.27. The fourth-order valence-corrected chi connectivity index (χ4v) is 3.82. The Morgan fingerprint density at radius 2 is 2.12 bits per heavy atom. The van der Waals surface area contributed by atoms with Gasteiger partial charge in [-0.3, -0.25) is 4.79 Å². The summed E-state index contributed by atoms with van der Waals surface area (Å²) in [5.41, 5.74) is 5.48. The highest BCUT2D eigenvalue weighted by molar-refractivity contribution is 7.91. The quantitative estimate of drug-likeness (QED) is 0.731. The number of unbranched alkanes of at least 4 members (excludes halogenated alkanes) is 1. The number of hydrogen-bond donors (Lipinski definition) is 1. The Balaban J connectivity index is 2.58. The van der Waals surface area contributed by atoms with E-state index in [2.05, 4.69) is 6.92 Å². The molecule has 6 heteroatoms. The second kappa shape index (κ2) is 6.35. The predicted octanol–water partition coefficient (Wildman–Crippen LogP) is 0.00850. The summed E-state index contributed by atoms with van der Waals surface area (Å²) in [5, 5.41) is 0. The number of nitrogens with two attached hydrogens (primary N) is 1. The van der Waals surface area contributed by atoms with E-state index >= 15 is 0 Å². The van der Waals surface area contributed by atoms with Crippen LogP contribution in [0, 0.1) is 5.92 Å². The third-order valence-corrected chi connectivity index (χ3v) is 4.84. The van der Waals surface area contributed by atoms with Crippen molar-refractivity contribution in [1.82, 2.24) is 4.90 Å². The van der Waals surface area contributed by atoms with Gasteiger partial charge in [0.1, 0.15) is 0 Å². The number of hydrogen-bond acceptors (Lipinski definition) is 4. The molecule has 0 aromatic heterocycles. The molecule has 2 N–H and O–H groups in total. The van der Waals surface area contributed by atoms with Crippen molar-refractivity contribution in [2.75, 3.05) is 31.1 Å². The Morgan fingerprint density at radius 1 is 1.41 bits per heavy atom. The van der Waals surface area contributed by atoms with Crippen LogP contribution in [0.25, 0.3) is 0 Å². The van der Waals surface area contributed by atoms with Crippen molar-refractivity contribution in [3.05, 3.63) is 0 Å². The zero-order valence-corrected chi connectivity index (χ0v) is 11.2. The van der Waals surface area contributed by atoms with Gasteiger partial charge < -0.3 is 10.6 Å². The van der Waals surface area contributed by atoms with Crippen LogP contribution in [0.4, 0.5) is 0 Å². The van der Waals surface area contributed by atoms with Crippen LogP contribution < -0.4 is 5.73 Å². The molecule has 1 heterocycles. The van der Waals surface area contributed by atoms with Crippen molar-refractivity contribution in [2.24, 2.45) is 11.7 Å². The maximum atomic E-state index is 12.1. The van der Waals surface area contributed by atoms with E-state index in [9.17, 15) is 13.2 Å². The van der Waals surface area contributed by atoms with Crippen LogP contribution in [-0.2, 0) is 14.6 Å². The smallest absolute Gasteiger partial charge is 0.226 e. The number of sulfone groups is 1. The molecular formula is C11H22N2O3S. The van der Waals surface area contributed by atoms with E-state index in [1.807, 2.05) is 0 Å². The van der Waals surface area contributed by atoms with Crippen molar-refractivity contribution < 1.29 is 13.2 Å². The highest BCUT2D eigenvalue weighted by Crippen LogP contribution is 2.20. The average Bonchev–Trinajstić information content (AvgIpc) is 2.64. The monoisotopic (exact) mass is 262 g/mol. The van der Waals surface area contributed by atoms with E-state index in [4.69, 9.17) is 5.73 Å². The Bertz CT molecular complexity index is 354. The maximum absolute atomic E-state index is 12.1. The topological polar surface area (TPSA) is 80.5 Å². The molecule has 1 aliphatic rings. The first-order valence-electron chi connectivity index (χ1n) is 6.19. The summed E-state index contributed by atoms with van der Waals surface area (Å²) in [4.78, 5) is 13.9. The highest BCUT2D eigenvalue weighted by Gasteiger charge is 2.34. The van der Waals surface area contributed by atoms with Crippen LogP contribution in [-0.4, -0.2) is 50.4 Å². The van der Waals surface area contributed by atoms with Crippen LogP contribution in [0.1, 0.15) is 26.2 Å². The molecule has 0 radical (unpaired) electrons. The summed E-state index contributed by atoms with van der Waals surface area (Å²) in [6.07, 6.45) is 2.41. The van der Waals surface area contributed by atoms with E-state index in [-0.39, 0.29) is 23.3 Å². The molecule has 0 spiro atoms. The average molecular weight is 262 g/mol. The van der Waals surface area contributed by atoms with E-state index in [0.29, 0.717) is 26.1 Å². The molecule has 0 saturated carbocycles. The van der Waals surface area contributed by atoms with Gasteiger partial charge in [-0.25, -0.2) is 8.42 Å². The lowest BCUT2D eigenvalue weighted by atomic mass is 10.1. The second-order valence-corrected chi connectivity index (χ2v) is 6.80. The molecule has 1 fully saturated rings. The number of carbonyl (C=O) groups is 1. The van der Waals surface area contributed by atoms with Crippen LogP contribution in [0.5, 0.6) is 0 Å². The zero-order valence-electron chi connectivity index (χ0n) is 10.4. The predicted molar refractivity (Wildman–Crippen MR) is 67.3 cm³/mol. The molecule has 0 aromatic rings. The summed E-state index contributed by atoms with van der Waals surface area (Å²) in [6, 6.07) is 0. The van der Waals surface area contributed by atoms with Crippen molar-refractivity contribution in [1.29, 1.82) is 0 Å². The van der Waals surface area contributed by atoms with Crippen LogP contribution >= 0.6 is 0 Å². The lowest BCUT2D eigenvalue weighted by Gasteiger charge is -2.24. The minimum atomic E-state index is -2.99. The Hall–Kier alpha value is -0.620. The SMILES string of the molecule is CCCCN(CCN)C(=O)C1CCS(=O)(=O)C1. The summed E-state index contributed by atoms with van der Waals surface area (Å²) < 4.78 is 22.7. The van der Waals surface area contributed by atoms with Gasteiger partial charge in [0.25, 0.3) is 0 Å². The Labute approximate surface area is 103 Å². The molecule has 0 aliphatic carbocycles. The highest BCUT2D eigenvalue weighted by atomic mass is 32.2. The fourth-order valence-electron chi connectivity index (χ4n) is 2.08. The van der Waals surface area contributed by atoms with Gasteiger partial charge in [-0.2, -0.15) is 0 Å². The first kappa shape index (κ1) is 14.4. The standard InChI is InChI=1S/C11H22N2O3S/c1-2-3-6-13(7-5-12)11(14)10-4-8-17(15,16)9-10/h10H,2-9,12H2,1H3. The Morgan fingerprint density at radius 3 is 2.59 bits per heavy atom. The molecule has 1 saturated heterocycles. The van der Waals surface area contributed by atoms with Gasteiger partial charge in [0.05, 0.1) is 17.4 Å². The first-order chi connectivity index (χ1) is 8.00. The van der Waals surface area contributed by atoms with E-state index in [0.717, 1.165) is 12.8 Å². The van der Waals surface area contributed by atoms with Crippen LogP contribution in [0.2, 0.25) is 0 Å². The Kier molecular flexibility index (Phi) is 5.39. The van der Waals surface area contributed by atoms with Gasteiger partial charge in [-0.05, 0) is 12.8 Å². The lowest BCUT2D eigenvalue weighted by Crippen LogP contribution is -2.40. The van der Waals surface area contributed by atoms with Crippen molar-refractivity contribution in [2.45, 2.75) is 26.2 Å². The summed E-state index contributed by atoms with van der Waals surface area (Å²) in [5.74, 6) is -0.222. The molecule has 17 heavy (non-hydrogen) atoms. The summed E-state index contributed by atoms with van der Waals surface area (Å²) >= 11 is 0. The molecule has 0 bridgehead atoms. The maximum Gasteiger partial charge on any atom is 0.226 e. The minimum Gasteiger partial charge on any atom is -0.341 e. The summed E-state index contributed by atoms with van der Waals surface area (Å²) in [7, 11) is -2.99. The van der Waals surface area contributed by atoms with E-state index in [1.165, 1.54) is 0 Å². The van der Waals surface area contributed by atoms with Gasteiger partial charge >= 0.3 is 0 Å². The van der Waals surface area contributed by atoms with Crippen molar-refractivity contribution in [3.8, 4) is 0 Å². The number of rotatable bonds is 6. The molecule has 1 aliphatic heterocycles. The largest absolute Gasteiger partial charge is 0.341 e. The third-order valence-electron chi connectivity index (χ3n) is 3.07. The van der Waals surface area contributed by atoms with Gasteiger partial charge in [0.15, 0.2) is 9.84 Å². The molecule has 1 atom stereocenters. The molecule has 1 amide bonds. The van der Waals surface area contributed by atoms with Gasteiger partial charge in [-0.1, -0.05) is 13.3 Å². The second-order valence-electron chi connectivity index (χ2n) is 4.57. The first-order valence-corrected chi connectivity index (χ1v) is 8.01. The normalized spacial score (nSPS) is 22.6. The van der Waals surface area contributed by atoms with Crippen molar-refractivity contribution >= 4 is 15.7 Å². The number of nitrogens with zero attached hydrogens (tertiary/aromatic N) is 1. The molecule has 5 nitrogen and oxygen atoms in total.